The highest BCUT2D eigenvalue weighted by atomic mass is 79.9. The first-order chi connectivity index (χ1) is 9.19. The van der Waals surface area contributed by atoms with Gasteiger partial charge in [0, 0.05) is 11.0 Å². The molecule has 1 N–H and O–H groups in total. The molecule has 0 aliphatic carbocycles. The molecule has 2 rings (SSSR count). The van der Waals surface area contributed by atoms with Gasteiger partial charge in [-0.05, 0) is 69.2 Å². The Balaban J connectivity index is 1.79. The van der Waals surface area contributed by atoms with Crippen LogP contribution in [0.3, 0.4) is 0 Å². The van der Waals surface area contributed by atoms with Gasteiger partial charge in [-0.25, -0.2) is 0 Å². The molecule has 0 radical (unpaired) electrons. The Labute approximate surface area is 124 Å². The standard InChI is InChI=1S/C15H23BrN2O/c1-18-7-5-12(6-8-18)10-17-11-13-9-14(19-2)3-4-15(13)16/h3-4,9,12,17H,5-8,10-11H2,1-2H3. The van der Waals surface area contributed by atoms with Gasteiger partial charge in [0.1, 0.15) is 5.75 Å². The van der Waals surface area contributed by atoms with Crippen molar-refractivity contribution in [3.05, 3.63) is 28.2 Å². The predicted molar refractivity (Wildman–Crippen MR) is 82.6 cm³/mol. The van der Waals surface area contributed by atoms with Crippen LogP contribution in [0.5, 0.6) is 5.75 Å². The van der Waals surface area contributed by atoms with Gasteiger partial charge in [0.05, 0.1) is 7.11 Å². The quantitative estimate of drug-likeness (QED) is 0.900. The molecule has 19 heavy (non-hydrogen) atoms. The normalized spacial score (nSPS) is 17.6. The Morgan fingerprint density at radius 2 is 2.11 bits per heavy atom. The van der Waals surface area contributed by atoms with E-state index in [0.29, 0.717) is 0 Å². The summed E-state index contributed by atoms with van der Waals surface area (Å²) in [5.74, 6) is 1.74. The number of ether oxygens (including phenoxy) is 1. The highest BCUT2D eigenvalue weighted by Gasteiger charge is 2.16. The third-order valence-corrected chi connectivity index (χ3v) is 4.61. The average Bonchev–Trinajstić information content (AvgIpc) is 2.43. The smallest absolute Gasteiger partial charge is 0.119 e. The second kappa shape index (κ2) is 7.27. The van der Waals surface area contributed by atoms with Crippen LogP contribution < -0.4 is 10.1 Å². The van der Waals surface area contributed by atoms with Gasteiger partial charge in [-0.3, -0.25) is 0 Å². The fourth-order valence-electron chi connectivity index (χ4n) is 2.49. The van der Waals surface area contributed by atoms with Crippen molar-refractivity contribution in [1.82, 2.24) is 10.2 Å². The summed E-state index contributed by atoms with van der Waals surface area (Å²) < 4.78 is 6.41. The highest BCUT2D eigenvalue weighted by Crippen LogP contribution is 2.22. The van der Waals surface area contributed by atoms with Gasteiger partial charge in [-0.1, -0.05) is 15.9 Å². The molecule has 0 bridgehead atoms. The first-order valence-electron chi connectivity index (χ1n) is 6.90. The van der Waals surface area contributed by atoms with Gasteiger partial charge in [0.2, 0.25) is 0 Å². The topological polar surface area (TPSA) is 24.5 Å². The maximum atomic E-state index is 5.26. The van der Waals surface area contributed by atoms with Gasteiger partial charge >= 0.3 is 0 Å². The molecule has 0 unspecified atom stereocenters. The van der Waals surface area contributed by atoms with E-state index >= 15 is 0 Å². The molecule has 106 valence electrons. The molecule has 1 heterocycles. The number of nitrogens with one attached hydrogen (secondary N) is 1. The van der Waals surface area contributed by atoms with Gasteiger partial charge < -0.3 is 15.0 Å². The van der Waals surface area contributed by atoms with E-state index in [4.69, 9.17) is 4.74 Å². The van der Waals surface area contributed by atoms with Crippen LogP contribution in [0.2, 0.25) is 0 Å². The van der Waals surface area contributed by atoms with E-state index in [0.717, 1.165) is 29.2 Å². The first kappa shape index (κ1) is 14.8. The molecule has 1 fully saturated rings. The summed E-state index contributed by atoms with van der Waals surface area (Å²) in [5.41, 5.74) is 1.26. The molecule has 1 aliphatic heterocycles. The molecule has 0 spiro atoms. The minimum Gasteiger partial charge on any atom is -0.497 e. The summed E-state index contributed by atoms with van der Waals surface area (Å²) in [7, 11) is 3.91. The Morgan fingerprint density at radius 3 is 2.79 bits per heavy atom. The van der Waals surface area contributed by atoms with Crippen molar-refractivity contribution in [2.24, 2.45) is 5.92 Å². The number of nitrogens with zero attached hydrogens (tertiary/aromatic N) is 1. The third kappa shape index (κ3) is 4.48. The largest absolute Gasteiger partial charge is 0.497 e. The van der Waals surface area contributed by atoms with E-state index < -0.39 is 0 Å². The minimum absolute atomic E-state index is 0.820. The van der Waals surface area contributed by atoms with Gasteiger partial charge in [0.25, 0.3) is 0 Å². The van der Waals surface area contributed by atoms with Gasteiger partial charge in [-0.2, -0.15) is 0 Å². The molecule has 0 amide bonds. The predicted octanol–water partition coefficient (Wildman–Crippen LogP) is 2.89. The van der Waals surface area contributed by atoms with Crippen LogP contribution in [0.1, 0.15) is 18.4 Å². The van der Waals surface area contributed by atoms with Crippen molar-refractivity contribution in [2.75, 3.05) is 33.8 Å². The SMILES string of the molecule is COc1ccc(Br)c(CNCC2CCN(C)CC2)c1. The summed E-state index contributed by atoms with van der Waals surface area (Å²) in [6, 6.07) is 6.11. The maximum Gasteiger partial charge on any atom is 0.119 e. The van der Waals surface area contributed by atoms with Crippen LogP contribution in [0, 0.1) is 5.92 Å². The fraction of sp³-hybridized carbons (Fsp3) is 0.600. The second-order valence-corrected chi connectivity index (χ2v) is 6.19. The second-order valence-electron chi connectivity index (χ2n) is 5.33. The number of benzene rings is 1. The third-order valence-electron chi connectivity index (χ3n) is 3.84. The summed E-state index contributed by atoms with van der Waals surface area (Å²) >= 11 is 3.59. The van der Waals surface area contributed by atoms with E-state index in [1.165, 1.54) is 31.5 Å². The van der Waals surface area contributed by atoms with Crippen LogP contribution in [0.25, 0.3) is 0 Å². The van der Waals surface area contributed by atoms with Crippen LogP contribution in [-0.2, 0) is 6.54 Å². The van der Waals surface area contributed by atoms with Crippen LogP contribution in [0.4, 0.5) is 0 Å². The van der Waals surface area contributed by atoms with Gasteiger partial charge in [0.15, 0.2) is 0 Å². The zero-order chi connectivity index (χ0) is 13.7. The van der Waals surface area contributed by atoms with E-state index in [2.05, 4.69) is 39.3 Å². The molecule has 0 aromatic heterocycles. The van der Waals surface area contributed by atoms with Crippen molar-refractivity contribution in [3.63, 3.8) is 0 Å². The number of methoxy groups -OCH3 is 1. The molecule has 0 atom stereocenters. The molecule has 1 saturated heterocycles. The molecule has 0 saturated carbocycles. The van der Waals surface area contributed by atoms with Gasteiger partial charge in [-0.15, -0.1) is 0 Å². The average molecular weight is 327 g/mol. The van der Waals surface area contributed by atoms with Crippen molar-refractivity contribution in [2.45, 2.75) is 19.4 Å². The van der Waals surface area contributed by atoms with Crippen molar-refractivity contribution >= 4 is 15.9 Å². The first-order valence-corrected chi connectivity index (χ1v) is 7.70. The summed E-state index contributed by atoms with van der Waals surface area (Å²) in [4.78, 5) is 2.41. The van der Waals surface area contributed by atoms with Crippen molar-refractivity contribution < 1.29 is 4.74 Å². The van der Waals surface area contributed by atoms with Crippen molar-refractivity contribution in [3.8, 4) is 5.75 Å². The Morgan fingerprint density at radius 1 is 1.37 bits per heavy atom. The Hall–Kier alpha value is -0.580. The zero-order valence-electron chi connectivity index (χ0n) is 11.8. The lowest BCUT2D eigenvalue weighted by atomic mass is 9.97. The molecule has 3 nitrogen and oxygen atoms in total. The van der Waals surface area contributed by atoms with E-state index in [1.807, 2.05) is 12.1 Å². The number of hydrogen-bond donors (Lipinski definition) is 1. The summed E-state index contributed by atoms with van der Waals surface area (Å²) in [5, 5.41) is 3.57. The lowest BCUT2D eigenvalue weighted by molar-refractivity contribution is 0.216. The monoisotopic (exact) mass is 326 g/mol. The Kier molecular flexibility index (Phi) is 5.67. The van der Waals surface area contributed by atoms with Crippen LogP contribution in [0.15, 0.2) is 22.7 Å². The van der Waals surface area contributed by atoms with Crippen molar-refractivity contribution in [1.29, 1.82) is 0 Å². The highest BCUT2D eigenvalue weighted by molar-refractivity contribution is 9.10. The molecule has 1 aromatic carbocycles. The van der Waals surface area contributed by atoms with E-state index in [1.54, 1.807) is 7.11 Å². The lowest BCUT2D eigenvalue weighted by Crippen LogP contribution is -2.34. The summed E-state index contributed by atoms with van der Waals surface area (Å²) in [6.07, 6.45) is 2.62. The number of rotatable bonds is 5. The molecular formula is C15H23BrN2O. The fourth-order valence-corrected chi connectivity index (χ4v) is 2.88. The van der Waals surface area contributed by atoms with E-state index in [-0.39, 0.29) is 0 Å². The Bertz CT molecular complexity index is 403. The van der Waals surface area contributed by atoms with Crippen LogP contribution >= 0.6 is 15.9 Å². The summed E-state index contributed by atoms with van der Waals surface area (Å²) in [6.45, 7) is 4.46. The maximum absolute atomic E-state index is 5.26. The molecular weight excluding hydrogens is 304 g/mol. The number of hydrogen-bond acceptors (Lipinski definition) is 3. The molecule has 4 heteroatoms. The zero-order valence-corrected chi connectivity index (χ0v) is 13.4. The number of piperidine rings is 1. The molecule has 1 aliphatic rings. The minimum atomic E-state index is 0.820. The molecule has 1 aromatic rings. The number of likely N-dealkylation sites (tertiary alicyclic amines) is 1. The van der Waals surface area contributed by atoms with Crippen LogP contribution in [-0.4, -0.2) is 38.7 Å². The van der Waals surface area contributed by atoms with E-state index in [9.17, 15) is 0 Å². The lowest BCUT2D eigenvalue weighted by Gasteiger charge is -2.29. The number of halogens is 1.